The molecule has 1 aromatic heterocycles. The molecule has 0 aliphatic carbocycles. The molecule has 0 aliphatic rings. The van der Waals surface area contributed by atoms with Gasteiger partial charge in [-0.05, 0) is 12.5 Å². The minimum Gasteiger partial charge on any atom is -0.475 e. The summed E-state index contributed by atoms with van der Waals surface area (Å²) in [6.45, 7) is 1.56. The summed E-state index contributed by atoms with van der Waals surface area (Å²) in [5.41, 5.74) is 1.06. The second kappa shape index (κ2) is 5.01. The van der Waals surface area contributed by atoms with E-state index in [0.717, 1.165) is 5.56 Å². The number of hydrogen-bond donors (Lipinski definition) is 2. The third-order valence-corrected chi connectivity index (χ3v) is 2.59. The smallest absolute Gasteiger partial charge is 0.373 e. The molecule has 0 spiro atoms. The number of benzene rings is 1. The van der Waals surface area contributed by atoms with Crippen molar-refractivity contribution in [3.63, 3.8) is 0 Å². The molecule has 2 rings (SSSR count). The maximum absolute atomic E-state index is 10.8. The maximum atomic E-state index is 10.8. The van der Waals surface area contributed by atoms with Crippen LogP contribution < -0.4 is 0 Å². The lowest BCUT2D eigenvalue weighted by Crippen LogP contribution is -2.01. The summed E-state index contributed by atoms with van der Waals surface area (Å²) in [6.07, 6.45) is -0.608. The van der Waals surface area contributed by atoms with Gasteiger partial charge in [0.25, 0.3) is 0 Å². The minimum absolute atomic E-state index is 0.151. The van der Waals surface area contributed by atoms with Gasteiger partial charge in [-0.3, -0.25) is 0 Å². The lowest BCUT2D eigenvalue weighted by Gasteiger charge is -2.07. The van der Waals surface area contributed by atoms with Crippen LogP contribution in [0.15, 0.2) is 34.7 Å². The molecule has 2 N–H and O–H groups in total. The Morgan fingerprint density at radius 3 is 2.61 bits per heavy atom. The fourth-order valence-electron chi connectivity index (χ4n) is 1.70. The lowest BCUT2D eigenvalue weighted by molar-refractivity contribution is 0.0656. The summed E-state index contributed by atoms with van der Waals surface area (Å²) >= 11 is 0. The van der Waals surface area contributed by atoms with Crippen molar-refractivity contribution in [2.24, 2.45) is 0 Å². The largest absolute Gasteiger partial charge is 0.475 e. The quantitative estimate of drug-likeness (QED) is 0.862. The van der Waals surface area contributed by atoms with Gasteiger partial charge in [-0.1, -0.05) is 30.3 Å². The number of aryl methyl sites for hydroxylation is 1. The topological polar surface area (TPSA) is 83.6 Å². The van der Waals surface area contributed by atoms with Crippen molar-refractivity contribution in [3.05, 3.63) is 53.2 Å². The van der Waals surface area contributed by atoms with Crippen molar-refractivity contribution < 1.29 is 19.4 Å². The molecule has 0 bridgehead atoms. The molecular formula is C13H13NO4. The Labute approximate surface area is 104 Å². The van der Waals surface area contributed by atoms with Crippen molar-refractivity contribution in [2.75, 3.05) is 0 Å². The molecule has 18 heavy (non-hydrogen) atoms. The fraction of sp³-hybridized carbons (Fsp3) is 0.231. The molecule has 0 fully saturated rings. The highest BCUT2D eigenvalue weighted by atomic mass is 16.4. The Morgan fingerprint density at radius 1 is 1.39 bits per heavy atom. The third-order valence-electron chi connectivity index (χ3n) is 2.59. The van der Waals surface area contributed by atoms with Crippen LogP contribution in [-0.4, -0.2) is 21.2 Å². The Morgan fingerprint density at radius 2 is 2.06 bits per heavy atom. The lowest BCUT2D eigenvalue weighted by atomic mass is 10.1. The molecular weight excluding hydrogens is 234 g/mol. The maximum Gasteiger partial charge on any atom is 0.373 e. The first-order chi connectivity index (χ1) is 8.58. The normalized spacial score (nSPS) is 12.3. The number of aromatic carboxylic acids is 1. The Hall–Kier alpha value is -2.14. The van der Waals surface area contributed by atoms with Gasteiger partial charge in [0.1, 0.15) is 0 Å². The SMILES string of the molecule is Cc1nc(CC(O)c2ccccc2)oc1C(=O)O. The first kappa shape index (κ1) is 12.3. The molecule has 1 aromatic carbocycles. The van der Waals surface area contributed by atoms with Crippen LogP contribution in [0.5, 0.6) is 0 Å². The molecule has 2 aromatic rings. The van der Waals surface area contributed by atoms with Crippen molar-refractivity contribution in [1.82, 2.24) is 4.98 Å². The molecule has 0 saturated carbocycles. The number of hydrogen-bond acceptors (Lipinski definition) is 4. The van der Waals surface area contributed by atoms with E-state index in [9.17, 15) is 9.90 Å². The standard InChI is InChI=1S/C13H13NO4/c1-8-12(13(16)17)18-11(14-8)7-10(15)9-5-3-2-4-6-9/h2-6,10,15H,7H2,1H3,(H,16,17). The van der Waals surface area contributed by atoms with Gasteiger partial charge in [0.2, 0.25) is 5.76 Å². The molecule has 0 amide bonds. The van der Waals surface area contributed by atoms with E-state index >= 15 is 0 Å². The predicted molar refractivity (Wildman–Crippen MR) is 63.3 cm³/mol. The van der Waals surface area contributed by atoms with Gasteiger partial charge in [-0.25, -0.2) is 9.78 Å². The van der Waals surface area contributed by atoms with Crippen LogP contribution in [0, 0.1) is 6.92 Å². The van der Waals surface area contributed by atoms with Crippen molar-refractivity contribution in [3.8, 4) is 0 Å². The zero-order valence-corrected chi connectivity index (χ0v) is 9.83. The first-order valence-corrected chi connectivity index (χ1v) is 5.50. The van der Waals surface area contributed by atoms with Crippen LogP contribution in [0.1, 0.15) is 33.8 Å². The van der Waals surface area contributed by atoms with Gasteiger partial charge in [-0.2, -0.15) is 0 Å². The van der Waals surface area contributed by atoms with Gasteiger partial charge < -0.3 is 14.6 Å². The Kier molecular flexibility index (Phi) is 3.43. The average Bonchev–Trinajstić information content (AvgIpc) is 2.71. The number of aliphatic hydroxyl groups excluding tert-OH is 1. The van der Waals surface area contributed by atoms with Crippen molar-refractivity contribution in [2.45, 2.75) is 19.4 Å². The van der Waals surface area contributed by atoms with Crippen LogP contribution in [-0.2, 0) is 6.42 Å². The van der Waals surface area contributed by atoms with Crippen LogP contribution >= 0.6 is 0 Å². The molecule has 1 heterocycles. The van der Waals surface area contributed by atoms with Gasteiger partial charge in [0.05, 0.1) is 18.2 Å². The average molecular weight is 247 g/mol. The van der Waals surface area contributed by atoms with E-state index in [1.54, 1.807) is 19.1 Å². The van der Waals surface area contributed by atoms with Crippen LogP contribution in [0.25, 0.3) is 0 Å². The van der Waals surface area contributed by atoms with Gasteiger partial charge in [0.15, 0.2) is 5.89 Å². The molecule has 0 saturated heterocycles. The highest BCUT2D eigenvalue weighted by Crippen LogP contribution is 2.19. The zero-order valence-electron chi connectivity index (χ0n) is 9.83. The molecule has 0 radical (unpaired) electrons. The van der Waals surface area contributed by atoms with E-state index in [2.05, 4.69) is 4.98 Å². The number of oxazole rings is 1. The van der Waals surface area contributed by atoms with E-state index in [-0.39, 0.29) is 18.1 Å². The molecule has 5 heteroatoms. The minimum atomic E-state index is -1.15. The number of carboxylic acid groups (broad SMARTS) is 1. The summed E-state index contributed by atoms with van der Waals surface area (Å²) in [4.78, 5) is 14.8. The second-order valence-electron chi connectivity index (χ2n) is 3.96. The van der Waals surface area contributed by atoms with E-state index in [4.69, 9.17) is 9.52 Å². The molecule has 0 aliphatic heterocycles. The van der Waals surface area contributed by atoms with Crippen LogP contribution in [0.4, 0.5) is 0 Å². The predicted octanol–water partition coefficient (Wildman–Crippen LogP) is 1.96. The summed E-state index contributed by atoms with van der Waals surface area (Å²) in [6, 6.07) is 9.08. The van der Waals surface area contributed by atoms with Crippen molar-refractivity contribution in [1.29, 1.82) is 0 Å². The number of carbonyl (C=O) groups is 1. The summed E-state index contributed by atoms with van der Waals surface area (Å²) < 4.78 is 5.10. The number of carboxylic acids is 1. The number of rotatable bonds is 4. The monoisotopic (exact) mass is 247 g/mol. The fourth-order valence-corrected chi connectivity index (χ4v) is 1.70. The van der Waals surface area contributed by atoms with Crippen LogP contribution in [0.3, 0.4) is 0 Å². The van der Waals surface area contributed by atoms with Gasteiger partial charge >= 0.3 is 5.97 Å². The number of aromatic nitrogens is 1. The Balaban J connectivity index is 2.15. The highest BCUT2D eigenvalue weighted by Gasteiger charge is 2.18. The molecule has 5 nitrogen and oxygen atoms in total. The van der Waals surface area contributed by atoms with Gasteiger partial charge in [-0.15, -0.1) is 0 Å². The second-order valence-corrected chi connectivity index (χ2v) is 3.96. The first-order valence-electron chi connectivity index (χ1n) is 5.50. The zero-order chi connectivity index (χ0) is 13.1. The number of nitrogens with zero attached hydrogens (tertiary/aromatic N) is 1. The van der Waals surface area contributed by atoms with Crippen LogP contribution in [0.2, 0.25) is 0 Å². The highest BCUT2D eigenvalue weighted by molar-refractivity contribution is 5.85. The summed E-state index contributed by atoms with van der Waals surface area (Å²) in [5, 5.41) is 18.8. The van der Waals surface area contributed by atoms with E-state index < -0.39 is 12.1 Å². The number of aliphatic hydroxyl groups is 1. The molecule has 1 unspecified atom stereocenters. The third kappa shape index (κ3) is 2.57. The van der Waals surface area contributed by atoms with E-state index in [1.165, 1.54) is 0 Å². The van der Waals surface area contributed by atoms with E-state index in [1.807, 2.05) is 18.2 Å². The summed E-state index contributed by atoms with van der Waals surface area (Å²) in [5.74, 6) is -1.10. The van der Waals surface area contributed by atoms with Gasteiger partial charge in [0, 0.05) is 0 Å². The summed E-state index contributed by atoms with van der Waals surface area (Å²) in [7, 11) is 0. The Bertz CT molecular complexity index is 547. The molecule has 94 valence electrons. The van der Waals surface area contributed by atoms with E-state index in [0.29, 0.717) is 5.69 Å². The molecule has 1 atom stereocenters. The van der Waals surface area contributed by atoms with Crippen molar-refractivity contribution >= 4 is 5.97 Å².